The van der Waals surface area contributed by atoms with Gasteiger partial charge in [0.15, 0.2) is 9.84 Å². The summed E-state index contributed by atoms with van der Waals surface area (Å²) in [6.45, 7) is 0.199. The smallest absolute Gasteiger partial charge is 0.262 e. The second kappa shape index (κ2) is 7.47. The molecular weight excluding hydrogens is 396 g/mol. The maximum Gasteiger partial charge on any atom is 0.262 e. The van der Waals surface area contributed by atoms with E-state index >= 15 is 0 Å². The highest BCUT2D eigenvalue weighted by Crippen LogP contribution is 2.24. The number of likely N-dealkylation sites (tertiary alicyclic amines) is 1. The van der Waals surface area contributed by atoms with E-state index in [9.17, 15) is 22.8 Å². The van der Waals surface area contributed by atoms with E-state index < -0.39 is 26.9 Å². The van der Waals surface area contributed by atoms with E-state index in [0.717, 1.165) is 4.90 Å². The van der Waals surface area contributed by atoms with E-state index in [1.807, 2.05) is 0 Å². The molecule has 2 aromatic rings. The van der Waals surface area contributed by atoms with Crippen LogP contribution in [0.2, 0.25) is 0 Å². The molecule has 4 rings (SSSR count). The first kappa shape index (κ1) is 19.4. The van der Waals surface area contributed by atoms with E-state index in [1.54, 1.807) is 36.4 Å². The van der Waals surface area contributed by atoms with Gasteiger partial charge in [0.1, 0.15) is 18.1 Å². The number of rotatable bonds is 5. The first-order valence-electron chi connectivity index (χ1n) is 9.34. The summed E-state index contributed by atoms with van der Waals surface area (Å²) in [5.41, 5.74) is 0.598. The van der Waals surface area contributed by atoms with Crippen molar-refractivity contribution in [3.63, 3.8) is 0 Å². The van der Waals surface area contributed by atoms with Crippen molar-refractivity contribution in [2.24, 2.45) is 0 Å². The Morgan fingerprint density at radius 2 is 1.62 bits per heavy atom. The molecule has 2 aliphatic heterocycles. The van der Waals surface area contributed by atoms with Crippen LogP contribution in [0.4, 0.5) is 0 Å². The third kappa shape index (κ3) is 3.69. The van der Waals surface area contributed by atoms with Gasteiger partial charge < -0.3 is 9.32 Å². The molecule has 1 fully saturated rings. The number of piperidine rings is 1. The van der Waals surface area contributed by atoms with Crippen LogP contribution in [-0.4, -0.2) is 60.8 Å². The van der Waals surface area contributed by atoms with E-state index in [1.165, 1.54) is 11.2 Å². The Morgan fingerprint density at radius 1 is 1.00 bits per heavy atom. The van der Waals surface area contributed by atoms with Crippen LogP contribution in [0.3, 0.4) is 0 Å². The SMILES string of the molecule is O=C(CN1C(=O)c2ccccc2C1=O)N1CCC(S(=O)(=O)Cc2ccco2)CC1. The summed E-state index contributed by atoms with van der Waals surface area (Å²) in [5.74, 6) is -1.08. The molecule has 0 spiro atoms. The van der Waals surface area contributed by atoms with Gasteiger partial charge in [0.2, 0.25) is 5.91 Å². The lowest BCUT2D eigenvalue weighted by molar-refractivity contribution is -0.132. The number of fused-ring (bicyclic) bond motifs is 1. The standard InChI is InChI=1S/C20H20N2O6S/c23-18(12-22-19(24)16-5-1-2-6-17(16)20(22)25)21-9-7-15(8-10-21)29(26,27)13-14-4-3-11-28-14/h1-6,11,15H,7-10,12-13H2. The molecule has 3 amide bonds. The van der Waals surface area contributed by atoms with Crippen molar-refractivity contribution in [1.29, 1.82) is 0 Å². The minimum absolute atomic E-state index is 0.159. The molecule has 1 aromatic carbocycles. The molecule has 152 valence electrons. The van der Waals surface area contributed by atoms with Crippen molar-refractivity contribution < 1.29 is 27.2 Å². The quantitative estimate of drug-likeness (QED) is 0.684. The highest BCUT2D eigenvalue weighted by molar-refractivity contribution is 7.91. The molecule has 2 aliphatic rings. The van der Waals surface area contributed by atoms with Gasteiger partial charge in [-0.2, -0.15) is 0 Å². The molecule has 9 heteroatoms. The Kier molecular flexibility index (Phi) is 4.99. The second-order valence-electron chi connectivity index (χ2n) is 7.21. The summed E-state index contributed by atoms with van der Waals surface area (Å²) >= 11 is 0. The van der Waals surface area contributed by atoms with Crippen LogP contribution in [-0.2, 0) is 20.4 Å². The van der Waals surface area contributed by atoms with E-state index in [4.69, 9.17) is 4.42 Å². The summed E-state index contributed by atoms with van der Waals surface area (Å²) in [5, 5.41) is -0.545. The molecule has 29 heavy (non-hydrogen) atoms. The molecule has 1 saturated heterocycles. The molecule has 1 aromatic heterocycles. The number of benzene rings is 1. The highest BCUT2D eigenvalue weighted by atomic mass is 32.2. The number of carbonyl (C=O) groups excluding carboxylic acids is 3. The first-order valence-corrected chi connectivity index (χ1v) is 11.1. The average molecular weight is 416 g/mol. The fraction of sp³-hybridized carbons (Fsp3) is 0.350. The summed E-state index contributed by atoms with van der Waals surface area (Å²) in [6.07, 6.45) is 2.07. The zero-order valence-electron chi connectivity index (χ0n) is 15.6. The Balaban J connectivity index is 1.35. The fourth-order valence-electron chi connectivity index (χ4n) is 3.79. The number of furan rings is 1. The number of sulfone groups is 1. The monoisotopic (exact) mass is 416 g/mol. The molecule has 3 heterocycles. The lowest BCUT2D eigenvalue weighted by Crippen LogP contribution is -2.47. The number of nitrogens with zero attached hydrogens (tertiary/aromatic N) is 2. The van der Waals surface area contributed by atoms with Crippen LogP contribution in [0.1, 0.15) is 39.3 Å². The largest absolute Gasteiger partial charge is 0.468 e. The van der Waals surface area contributed by atoms with Gasteiger partial charge in [-0.1, -0.05) is 12.1 Å². The molecule has 0 atom stereocenters. The summed E-state index contributed by atoms with van der Waals surface area (Å²) in [6, 6.07) is 9.74. The molecule has 0 saturated carbocycles. The maximum absolute atomic E-state index is 12.6. The van der Waals surface area contributed by atoms with Crippen LogP contribution >= 0.6 is 0 Å². The summed E-state index contributed by atoms with van der Waals surface area (Å²) < 4.78 is 30.2. The average Bonchev–Trinajstić information content (AvgIpc) is 3.30. The number of hydrogen-bond donors (Lipinski definition) is 0. The summed E-state index contributed by atoms with van der Waals surface area (Å²) in [7, 11) is -3.38. The van der Waals surface area contributed by atoms with Crippen molar-refractivity contribution in [3.8, 4) is 0 Å². The van der Waals surface area contributed by atoms with Gasteiger partial charge in [0, 0.05) is 13.1 Å². The normalized spacial score (nSPS) is 17.7. The third-order valence-electron chi connectivity index (χ3n) is 5.40. The number of carbonyl (C=O) groups is 3. The van der Waals surface area contributed by atoms with Gasteiger partial charge >= 0.3 is 0 Å². The predicted octanol–water partition coefficient (Wildman–Crippen LogP) is 1.48. The van der Waals surface area contributed by atoms with Crippen LogP contribution in [0.5, 0.6) is 0 Å². The van der Waals surface area contributed by atoms with Crippen LogP contribution in [0, 0.1) is 0 Å². The second-order valence-corrected chi connectivity index (χ2v) is 9.49. The molecule has 0 N–H and O–H groups in total. The minimum Gasteiger partial charge on any atom is -0.468 e. The van der Waals surface area contributed by atoms with E-state index in [0.29, 0.717) is 29.7 Å². The van der Waals surface area contributed by atoms with Crippen molar-refractivity contribution in [2.75, 3.05) is 19.6 Å². The lowest BCUT2D eigenvalue weighted by Gasteiger charge is -2.32. The first-order chi connectivity index (χ1) is 13.9. The van der Waals surface area contributed by atoms with Gasteiger partial charge in [-0.25, -0.2) is 8.42 Å². The Morgan fingerprint density at radius 3 is 2.17 bits per heavy atom. The van der Waals surface area contributed by atoms with Crippen LogP contribution in [0.25, 0.3) is 0 Å². The zero-order valence-corrected chi connectivity index (χ0v) is 16.4. The van der Waals surface area contributed by atoms with Gasteiger partial charge in [0.05, 0.1) is 22.6 Å². The molecule has 0 bridgehead atoms. The lowest BCUT2D eigenvalue weighted by atomic mass is 10.1. The zero-order chi connectivity index (χ0) is 20.6. The summed E-state index contributed by atoms with van der Waals surface area (Å²) in [4.78, 5) is 39.9. The number of hydrogen-bond acceptors (Lipinski definition) is 6. The molecule has 8 nitrogen and oxygen atoms in total. The molecule has 0 aliphatic carbocycles. The van der Waals surface area contributed by atoms with Gasteiger partial charge in [-0.15, -0.1) is 0 Å². The molecular formula is C20H20N2O6S. The fourth-order valence-corrected chi connectivity index (χ4v) is 5.52. The van der Waals surface area contributed by atoms with Gasteiger partial charge in [-0.3, -0.25) is 19.3 Å². The number of amides is 3. The van der Waals surface area contributed by atoms with Crippen LogP contribution in [0.15, 0.2) is 47.1 Å². The van der Waals surface area contributed by atoms with Crippen molar-refractivity contribution in [2.45, 2.75) is 23.8 Å². The number of imide groups is 1. The Bertz CT molecular complexity index is 1020. The molecule has 0 unspecified atom stereocenters. The maximum atomic E-state index is 12.6. The third-order valence-corrected chi connectivity index (χ3v) is 7.57. The van der Waals surface area contributed by atoms with Gasteiger partial charge in [-0.05, 0) is 37.1 Å². The van der Waals surface area contributed by atoms with Gasteiger partial charge in [0.25, 0.3) is 11.8 Å². The Labute approximate surface area is 168 Å². The van der Waals surface area contributed by atoms with E-state index in [2.05, 4.69) is 0 Å². The van der Waals surface area contributed by atoms with Crippen molar-refractivity contribution in [3.05, 3.63) is 59.5 Å². The minimum atomic E-state index is -3.38. The topological polar surface area (TPSA) is 105 Å². The predicted molar refractivity (Wildman–Crippen MR) is 103 cm³/mol. The Hall–Kier alpha value is -2.94. The highest BCUT2D eigenvalue weighted by Gasteiger charge is 2.38. The van der Waals surface area contributed by atoms with Crippen molar-refractivity contribution >= 4 is 27.6 Å². The molecule has 0 radical (unpaired) electrons. The van der Waals surface area contributed by atoms with Crippen LogP contribution < -0.4 is 0 Å². The van der Waals surface area contributed by atoms with Crippen molar-refractivity contribution in [1.82, 2.24) is 9.80 Å². The van der Waals surface area contributed by atoms with E-state index in [-0.39, 0.29) is 31.3 Å².